The minimum Gasteiger partial charge on any atom is -0.774 e. The highest BCUT2D eigenvalue weighted by atomic mass is 31.2. The van der Waals surface area contributed by atoms with Crippen LogP contribution >= 0.6 is 15.2 Å². The summed E-state index contributed by atoms with van der Waals surface area (Å²) in [6, 6.07) is 0. The van der Waals surface area contributed by atoms with Crippen molar-refractivity contribution in [3.8, 4) is 0 Å². The van der Waals surface area contributed by atoms with Crippen LogP contribution in [0.1, 0.15) is 52.4 Å². The van der Waals surface area contributed by atoms with Crippen molar-refractivity contribution >= 4 is 15.2 Å². The molecule has 0 radical (unpaired) electrons. The lowest BCUT2D eigenvalue weighted by Crippen LogP contribution is -2.54. The number of hydrogen-bond acceptors (Lipinski definition) is 6. The molecule has 0 heterocycles. The van der Waals surface area contributed by atoms with Crippen molar-refractivity contribution in [3.63, 3.8) is 0 Å². The van der Waals surface area contributed by atoms with Crippen molar-refractivity contribution in [1.29, 1.82) is 0 Å². The van der Waals surface area contributed by atoms with Gasteiger partial charge in [0.2, 0.25) is 15.2 Å². The summed E-state index contributed by atoms with van der Waals surface area (Å²) < 4.78 is 242. The number of ether oxygens (including phenoxy) is 2. The Morgan fingerprint density at radius 1 is 0.545 bits per heavy atom. The fourth-order valence-electron chi connectivity index (χ4n) is 3.26. The summed E-state index contributed by atoms with van der Waals surface area (Å²) >= 11 is 0. The summed E-state index contributed by atoms with van der Waals surface area (Å²) in [5.41, 5.74) is -13.7. The van der Waals surface area contributed by atoms with Crippen molar-refractivity contribution in [2.24, 2.45) is 11.8 Å². The van der Waals surface area contributed by atoms with E-state index in [2.05, 4.69) is 9.47 Å². The van der Waals surface area contributed by atoms with E-state index in [4.69, 9.17) is 9.79 Å². The molecule has 0 aliphatic rings. The van der Waals surface area contributed by atoms with E-state index in [1.165, 1.54) is 0 Å². The molecule has 0 saturated carbocycles. The first-order valence-electron chi connectivity index (χ1n) is 11.5. The summed E-state index contributed by atoms with van der Waals surface area (Å²) in [5.74, 6) is -15.5. The van der Waals surface area contributed by atoms with E-state index in [0.717, 1.165) is 13.8 Å². The zero-order valence-corrected chi connectivity index (χ0v) is 23.5. The number of alkyl halides is 16. The summed E-state index contributed by atoms with van der Waals surface area (Å²) in [6.45, 7) is 1.88. The zero-order valence-electron chi connectivity index (χ0n) is 21.7. The van der Waals surface area contributed by atoms with Crippen LogP contribution < -0.4 is 9.79 Å². The van der Waals surface area contributed by atoms with Gasteiger partial charge in [0.05, 0.1) is 0 Å². The van der Waals surface area contributed by atoms with Crippen molar-refractivity contribution in [2.75, 3.05) is 0 Å². The molecule has 0 bridgehead atoms. The predicted octanol–water partition coefficient (Wildman–Crippen LogP) is 6.55. The van der Waals surface area contributed by atoms with Crippen LogP contribution in [0.15, 0.2) is 0 Å². The van der Waals surface area contributed by atoms with E-state index in [1.54, 1.807) is 0 Å². The standard InChI is InChI=1S/C18H24F16O8P2/c1-3-9(7-11(19,20)13(23,24)41-15(27,28)17(31,32)43(35,36)37)5-6-10(4-2)8-12(21,22)14(25,26)42-16(29,30)18(33,34)44(38,39)40/h9-10H,3-8H2,1-2H3,(H2,35,36,37)(H2,38,39,40)/p-2. The van der Waals surface area contributed by atoms with Crippen LogP contribution in [-0.4, -0.2) is 57.4 Å². The normalized spacial score (nSPS) is 19.3. The van der Waals surface area contributed by atoms with Crippen LogP contribution in [0.3, 0.4) is 0 Å². The third-order valence-corrected chi connectivity index (χ3v) is 7.94. The zero-order chi connectivity index (χ0) is 35.8. The molecule has 0 aliphatic carbocycles. The summed E-state index contributed by atoms with van der Waals surface area (Å²) in [5, 5.41) is 0. The number of hydrogen-bond donors (Lipinski definition) is 2. The average molecular weight is 732 g/mol. The van der Waals surface area contributed by atoms with Crippen molar-refractivity contribution in [2.45, 2.75) is 100.0 Å². The van der Waals surface area contributed by atoms with Gasteiger partial charge in [0.15, 0.2) is 0 Å². The molecule has 4 unspecified atom stereocenters. The first kappa shape index (κ1) is 43.1. The second-order valence-electron chi connectivity index (χ2n) is 9.34. The minimum atomic E-state index is -7.52. The smallest absolute Gasteiger partial charge is 0.432 e. The Balaban J connectivity index is 5.77. The van der Waals surface area contributed by atoms with Crippen LogP contribution in [-0.2, 0) is 18.6 Å². The number of rotatable bonds is 19. The van der Waals surface area contributed by atoms with E-state index >= 15 is 0 Å². The third-order valence-electron chi connectivity index (χ3n) is 6.00. The maximum Gasteiger partial charge on any atom is 0.432 e. The lowest BCUT2D eigenvalue weighted by molar-refractivity contribution is -0.462. The maximum atomic E-state index is 14.1. The molecule has 0 fully saturated rings. The Bertz CT molecular complexity index is 980. The Kier molecular flexibility index (Phi) is 13.0. The first-order chi connectivity index (χ1) is 19.0. The van der Waals surface area contributed by atoms with Gasteiger partial charge in [-0.1, -0.05) is 26.7 Å². The molecule has 0 aromatic rings. The molecule has 4 atom stereocenters. The Morgan fingerprint density at radius 3 is 0.955 bits per heavy atom. The molecular formula is C18H22F16O8P2-2. The van der Waals surface area contributed by atoms with Gasteiger partial charge in [-0.25, -0.2) is 9.47 Å². The monoisotopic (exact) mass is 732 g/mol. The van der Waals surface area contributed by atoms with Crippen molar-refractivity contribution in [3.05, 3.63) is 0 Å². The fourth-order valence-corrected chi connectivity index (χ4v) is 4.01. The molecule has 0 aliphatic heterocycles. The van der Waals surface area contributed by atoms with Gasteiger partial charge in [0.25, 0.3) is 0 Å². The Labute approximate surface area is 236 Å². The lowest BCUT2D eigenvalue weighted by atomic mass is 9.86. The van der Waals surface area contributed by atoms with Gasteiger partial charge >= 0.3 is 47.6 Å². The molecule has 26 heteroatoms. The average Bonchev–Trinajstić information content (AvgIpc) is 2.77. The van der Waals surface area contributed by atoms with Crippen LogP contribution in [0.25, 0.3) is 0 Å². The van der Waals surface area contributed by atoms with Gasteiger partial charge in [0, 0.05) is 12.8 Å². The molecule has 0 aromatic heterocycles. The lowest BCUT2D eigenvalue weighted by Gasteiger charge is -2.37. The van der Waals surface area contributed by atoms with E-state index in [0.29, 0.717) is 0 Å². The second kappa shape index (κ2) is 13.3. The molecule has 2 N–H and O–H groups in total. The van der Waals surface area contributed by atoms with E-state index < -0.39 is 113 Å². The van der Waals surface area contributed by atoms with Crippen LogP contribution in [0.5, 0.6) is 0 Å². The molecule has 266 valence electrons. The van der Waals surface area contributed by atoms with Crippen LogP contribution in [0.2, 0.25) is 0 Å². The molecule has 8 nitrogen and oxygen atoms in total. The van der Waals surface area contributed by atoms with Gasteiger partial charge in [-0.3, -0.25) is 0 Å². The molecule has 0 rings (SSSR count). The number of halogens is 16. The Hall–Kier alpha value is -0.900. The molecular weight excluding hydrogens is 710 g/mol. The first-order valence-corrected chi connectivity index (χ1v) is 14.6. The molecule has 0 saturated heterocycles. The van der Waals surface area contributed by atoms with Crippen LogP contribution in [0.4, 0.5) is 70.2 Å². The highest BCUT2D eigenvalue weighted by Gasteiger charge is 2.73. The topological polar surface area (TPSA) is 139 Å². The molecule has 0 aromatic carbocycles. The van der Waals surface area contributed by atoms with E-state index in [9.17, 15) is 89.2 Å². The van der Waals surface area contributed by atoms with E-state index in [1.807, 2.05) is 0 Å². The molecule has 44 heavy (non-hydrogen) atoms. The molecule has 0 amide bonds. The summed E-state index contributed by atoms with van der Waals surface area (Å²) in [6.07, 6.45) is -34.9. The summed E-state index contributed by atoms with van der Waals surface area (Å²) in [4.78, 5) is 37.0. The van der Waals surface area contributed by atoms with Gasteiger partial charge in [-0.15, -0.1) is 0 Å². The Morgan fingerprint density at radius 2 is 0.773 bits per heavy atom. The fraction of sp³-hybridized carbons (Fsp3) is 1.00. The van der Waals surface area contributed by atoms with Crippen molar-refractivity contribution < 1.29 is 108 Å². The predicted molar refractivity (Wildman–Crippen MR) is 107 cm³/mol. The van der Waals surface area contributed by atoms with Gasteiger partial charge in [-0.2, -0.15) is 70.2 Å². The second-order valence-corrected chi connectivity index (χ2v) is 12.5. The van der Waals surface area contributed by atoms with Gasteiger partial charge in [-0.05, 0) is 24.7 Å². The van der Waals surface area contributed by atoms with E-state index in [-0.39, 0.29) is 0 Å². The van der Waals surface area contributed by atoms with Gasteiger partial charge in [0.1, 0.15) is 0 Å². The molecule has 0 spiro atoms. The SMILES string of the molecule is CCC(CCC(CC)CC(F)(F)C(F)(F)OC(F)(F)C(F)(F)P(=O)([O-])O)CC(F)(F)C(F)(F)OC(F)(F)C(F)(F)P(=O)([O-])O. The third kappa shape index (κ3) is 9.34. The van der Waals surface area contributed by atoms with Gasteiger partial charge < -0.3 is 28.7 Å². The summed E-state index contributed by atoms with van der Waals surface area (Å²) in [7, 11) is -15.0. The van der Waals surface area contributed by atoms with Crippen molar-refractivity contribution in [1.82, 2.24) is 0 Å². The quantitative estimate of drug-likeness (QED) is 0.113. The van der Waals surface area contributed by atoms with Crippen LogP contribution in [0, 0.1) is 11.8 Å². The maximum absolute atomic E-state index is 14.1. The highest BCUT2D eigenvalue weighted by molar-refractivity contribution is 7.52. The highest BCUT2D eigenvalue weighted by Crippen LogP contribution is 2.61. The minimum absolute atomic E-state index is 0.658. The largest absolute Gasteiger partial charge is 0.774 e.